The van der Waals surface area contributed by atoms with Gasteiger partial charge in [0, 0.05) is 49.4 Å². The van der Waals surface area contributed by atoms with E-state index in [4.69, 9.17) is 5.73 Å². The largest absolute Gasteiger partial charge is 0.378 e. The average Bonchev–Trinajstić information content (AvgIpc) is 2.74. The molecule has 0 aromatic heterocycles. The number of rotatable bonds is 3. The highest BCUT2D eigenvalue weighted by molar-refractivity contribution is 5.95. The van der Waals surface area contributed by atoms with Crippen molar-refractivity contribution in [3.05, 3.63) is 65.2 Å². The van der Waals surface area contributed by atoms with Gasteiger partial charge in [0.25, 0.3) is 5.91 Å². The molecule has 5 heteroatoms. The van der Waals surface area contributed by atoms with Crippen LogP contribution in [-0.4, -0.2) is 48.9 Å². The first kappa shape index (κ1) is 19.0. The molecule has 3 N–H and O–H groups in total. The van der Waals surface area contributed by atoms with Crippen molar-refractivity contribution in [2.45, 2.75) is 25.4 Å². The molecule has 1 amide bonds. The van der Waals surface area contributed by atoms with Crippen molar-refractivity contribution in [1.82, 2.24) is 9.80 Å². The molecule has 2 aliphatic rings. The lowest BCUT2D eigenvalue weighted by molar-refractivity contribution is 0.0664. The highest BCUT2D eigenvalue weighted by Crippen LogP contribution is 2.43. The highest BCUT2D eigenvalue weighted by atomic mass is 16.2. The molecule has 5 nitrogen and oxygen atoms in total. The van der Waals surface area contributed by atoms with Gasteiger partial charge in [0.1, 0.15) is 0 Å². The Labute approximate surface area is 167 Å². The molecule has 1 saturated heterocycles. The third-order valence-electron chi connectivity index (χ3n) is 6.28. The Hall–Kier alpha value is -2.37. The summed E-state index contributed by atoms with van der Waals surface area (Å²) in [5.74, 6) is 0.394. The fourth-order valence-electron chi connectivity index (χ4n) is 4.49. The van der Waals surface area contributed by atoms with E-state index in [1.165, 1.54) is 5.56 Å². The molecule has 2 heterocycles. The van der Waals surface area contributed by atoms with E-state index in [1.807, 2.05) is 29.2 Å². The monoisotopic (exact) mass is 378 g/mol. The minimum atomic E-state index is -0.0910. The van der Waals surface area contributed by atoms with Gasteiger partial charge < -0.3 is 20.9 Å². The predicted octanol–water partition coefficient (Wildman–Crippen LogP) is 3.27. The maximum Gasteiger partial charge on any atom is 0.253 e. The molecule has 148 valence electrons. The number of fused-ring (bicyclic) bond motifs is 1. The zero-order valence-electron chi connectivity index (χ0n) is 16.8. The second kappa shape index (κ2) is 7.94. The third-order valence-corrected chi connectivity index (χ3v) is 6.28. The fraction of sp³-hybridized carbons (Fsp3) is 0.435. The molecule has 2 aromatic rings. The smallest absolute Gasteiger partial charge is 0.253 e. The summed E-state index contributed by atoms with van der Waals surface area (Å²) in [5.41, 5.74) is 10.8. The molecule has 0 saturated carbocycles. The first-order valence-electron chi connectivity index (χ1n) is 10.3. The Bertz CT molecular complexity index is 830. The van der Waals surface area contributed by atoms with Gasteiger partial charge in [0.05, 0.1) is 6.04 Å². The number of anilines is 1. The lowest BCUT2D eigenvalue weighted by Gasteiger charge is -2.39. The number of hydrogen-bond acceptors (Lipinski definition) is 4. The van der Waals surface area contributed by atoms with Crippen LogP contribution in [0.3, 0.4) is 0 Å². The Kier molecular flexibility index (Phi) is 5.38. The normalized spacial score (nSPS) is 25.1. The van der Waals surface area contributed by atoms with Gasteiger partial charge in [-0.05, 0) is 42.8 Å². The highest BCUT2D eigenvalue weighted by Gasteiger charge is 2.35. The number of hydrogen-bond donors (Lipinski definition) is 2. The number of amides is 1. The van der Waals surface area contributed by atoms with E-state index in [-0.39, 0.29) is 23.9 Å². The zero-order chi connectivity index (χ0) is 19.7. The molecule has 0 spiro atoms. The average molecular weight is 379 g/mol. The van der Waals surface area contributed by atoms with Crippen molar-refractivity contribution >= 4 is 11.6 Å². The molecule has 2 aliphatic heterocycles. The number of benzene rings is 2. The van der Waals surface area contributed by atoms with E-state index in [0.717, 1.165) is 49.4 Å². The summed E-state index contributed by atoms with van der Waals surface area (Å²) in [7, 11) is 2.10. The second-order valence-electron chi connectivity index (χ2n) is 8.03. The van der Waals surface area contributed by atoms with Crippen LogP contribution in [0.15, 0.2) is 48.5 Å². The van der Waals surface area contributed by atoms with Gasteiger partial charge in [-0.2, -0.15) is 0 Å². The van der Waals surface area contributed by atoms with Crippen molar-refractivity contribution in [2.75, 3.05) is 38.5 Å². The predicted molar refractivity (Wildman–Crippen MR) is 113 cm³/mol. The molecule has 0 bridgehead atoms. The van der Waals surface area contributed by atoms with Crippen LogP contribution in [0.1, 0.15) is 46.9 Å². The number of nitrogens with one attached hydrogen (secondary N) is 1. The fourth-order valence-corrected chi connectivity index (χ4v) is 4.49. The molecule has 0 radical (unpaired) electrons. The lowest BCUT2D eigenvalue weighted by Crippen LogP contribution is -2.47. The first-order chi connectivity index (χ1) is 13.6. The number of nitrogens with zero attached hydrogens (tertiary/aromatic N) is 2. The van der Waals surface area contributed by atoms with Gasteiger partial charge in [-0.15, -0.1) is 0 Å². The second-order valence-corrected chi connectivity index (χ2v) is 8.03. The molecular weight excluding hydrogens is 348 g/mol. The van der Waals surface area contributed by atoms with Crippen molar-refractivity contribution in [3.8, 4) is 0 Å². The van der Waals surface area contributed by atoms with Crippen LogP contribution < -0.4 is 11.1 Å². The summed E-state index contributed by atoms with van der Waals surface area (Å²) in [4.78, 5) is 17.2. The SMILES string of the molecule is CCC1C(N)c2cc(C(=O)N3CCN(C)CC3)ccc2NC1c1ccccc1. The van der Waals surface area contributed by atoms with Crippen molar-refractivity contribution in [2.24, 2.45) is 11.7 Å². The van der Waals surface area contributed by atoms with Gasteiger partial charge in [-0.3, -0.25) is 4.79 Å². The van der Waals surface area contributed by atoms with Crippen molar-refractivity contribution < 1.29 is 4.79 Å². The Morgan fingerprint density at radius 2 is 1.82 bits per heavy atom. The van der Waals surface area contributed by atoms with Crippen molar-refractivity contribution in [3.63, 3.8) is 0 Å². The minimum Gasteiger partial charge on any atom is -0.378 e. The Balaban J connectivity index is 1.61. The number of likely N-dealkylation sites (N-methyl/N-ethyl adjacent to an activating group) is 1. The summed E-state index contributed by atoms with van der Waals surface area (Å²) in [6.45, 7) is 5.60. The van der Waals surface area contributed by atoms with Gasteiger partial charge in [0.15, 0.2) is 0 Å². The van der Waals surface area contributed by atoms with Crippen LogP contribution in [0, 0.1) is 5.92 Å². The molecule has 3 unspecified atom stereocenters. The van der Waals surface area contributed by atoms with Crippen LogP contribution in [0.5, 0.6) is 0 Å². The standard InChI is InChI=1S/C23H30N4O/c1-3-18-21(24)19-15-17(23(28)27-13-11-26(2)12-14-27)9-10-20(19)25-22(18)16-7-5-4-6-8-16/h4-10,15,18,21-22,25H,3,11-14,24H2,1-2H3. The van der Waals surface area contributed by atoms with Gasteiger partial charge in [-0.25, -0.2) is 0 Å². The van der Waals surface area contributed by atoms with E-state index >= 15 is 0 Å². The number of carbonyl (C=O) groups is 1. The van der Waals surface area contributed by atoms with E-state index in [2.05, 4.69) is 48.5 Å². The van der Waals surface area contributed by atoms with Crippen molar-refractivity contribution in [1.29, 1.82) is 0 Å². The van der Waals surface area contributed by atoms with Crippen LogP contribution in [0.4, 0.5) is 5.69 Å². The van der Waals surface area contributed by atoms with E-state index in [1.54, 1.807) is 0 Å². The lowest BCUT2D eigenvalue weighted by atomic mass is 9.78. The summed E-state index contributed by atoms with van der Waals surface area (Å²) in [5, 5.41) is 3.68. The van der Waals surface area contributed by atoms with E-state index in [0.29, 0.717) is 0 Å². The van der Waals surface area contributed by atoms with E-state index in [9.17, 15) is 4.79 Å². The first-order valence-corrected chi connectivity index (χ1v) is 10.3. The van der Waals surface area contributed by atoms with Gasteiger partial charge >= 0.3 is 0 Å². The van der Waals surface area contributed by atoms with Crippen LogP contribution in [-0.2, 0) is 0 Å². The Morgan fingerprint density at radius 3 is 2.50 bits per heavy atom. The summed E-state index contributed by atoms with van der Waals surface area (Å²) in [6.07, 6.45) is 0.976. The number of piperazine rings is 1. The number of nitrogens with two attached hydrogens (primary N) is 1. The molecule has 3 atom stereocenters. The molecule has 2 aromatic carbocycles. The summed E-state index contributed by atoms with van der Waals surface area (Å²) in [6, 6.07) is 16.6. The topological polar surface area (TPSA) is 61.6 Å². The molecule has 4 rings (SSSR count). The third kappa shape index (κ3) is 3.52. The van der Waals surface area contributed by atoms with Crippen LogP contribution >= 0.6 is 0 Å². The zero-order valence-corrected chi connectivity index (χ0v) is 16.8. The van der Waals surface area contributed by atoms with Gasteiger partial charge in [0.2, 0.25) is 0 Å². The quantitative estimate of drug-likeness (QED) is 0.861. The molecule has 0 aliphatic carbocycles. The van der Waals surface area contributed by atoms with Gasteiger partial charge in [-0.1, -0.05) is 37.3 Å². The molecule has 28 heavy (non-hydrogen) atoms. The number of carbonyl (C=O) groups excluding carboxylic acids is 1. The van der Waals surface area contributed by atoms with E-state index < -0.39 is 0 Å². The summed E-state index contributed by atoms with van der Waals surface area (Å²) >= 11 is 0. The van der Waals surface area contributed by atoms with Crippen LogP contribution in [0.2, 0.25) is 0 Å². The molecule has 1 fully saturated rings. The van der Waals surface area contributed by atoms with Crippen LogP contribution in [0.25, 0.3) is 0 Å². The minimum absolute atomic E-state index is 0.0910. The Morgan fingerprint density at radius 1 is 1.11 bits per heavy atom. The maximum atomic E-state index is 13.0. The summed E-state index contributed by atoms with van der Waals surface area (Å²) < 4.78 is 0. The molecular formula is C23H30N4O. The maximum absolute atomic E-state index is 13.0.